The lowest BCUT2D eigenvalue weighted by molar-refractivity contribution is -0.121. The second kappa shape index (κ2) is 10.9. The molecule has 0 rings (SSSR count). The van der Waals surface area contributed by atoms with Gasteiger partial charge in [-0.3, -0.25) is 9.79 Å². The van der Waals surface area contributed by atoms with Gasteiger partial charge in [0, 0.05) is 25.2 Å². The smallest absolute Gasteiger partial charge is 0.407 e. The van der Waals surface area contributed by atoms with E-state index in [9.17, 15) is 9.59 Å². The summed E-state index contributed by atoms with van der Waals surface area (Å²) in [6, 6.07) is -0.100. The molecule has 2 amide bonds. The highest BCUT2D eigenvalue weighted by atomic mass is 16.6. The molecule has 0 radical (unpaired) electrons. The van der Waals surface area contributed by atoms with Crippen LogP contribution < -0.4 is 21.3 Å². The minimum atomic E-state index is -0.535. The van der Waals surface area contributed by atoms with Crippen molar-refractivity contribution in [3.63, 3.8) is 0 Å². The van der Waals surface area contributed by atoms with Gasteiger partial charge < -0.3 is 26.0 Å². The maximum absolute atomic E-state index is 11.9. The topological polar surface area (TPSA) is 104 Å². The maximum atomic E-state index is 11.9. The quantitative estimate of drug-likeness (QED) is 0.403. The molecule has 0 saturated heterocycles. The van der Waals surface area contributed by atoms with Crippen molar-refractivity contribution in [2.24, 2.45) is 4.99 Å². The molecular weight excluding hydrogens is 334 g/mol. The van der Waals surface area contributed by atoms with E-state index in [1.54, 1.807) is 7.05 Å². The number of ether oxygens (including phenoxy) is 1. The molecule has 1 unspecified atom stereocenters. The van der Waals surface area contributed by atoms with E-state index in [4.69, 9.17) is 4.74 Å². The zero-order valence-corrected chi connectivity index (χ0v) is 17.6. The lowest BCUT2D eigenvalue weighted by atomic mass is 10.1. The van der Waals surface area contributed by atoms with Gasteiger partial charge >= 0.3 is 6.09 Å². The summed E-state index contributed by atoms with van der Waals surface area (Å²) in [5, 5.41) is 11.8. The second-order valence-electron chi connectivity index (χ2n) is 8.24. The number of alkyl carbamates (subject to hydrolysis) is 1. The van der Waals surface area contributed by atoms with Gasteiger partial charge in [-0.1, -0.05) is 13.3 Å². The molecule has 0 aliphatic heterocycles. The molecule has 0 bridgehead atoms. The molecule has 0 spiro atoms. The van der Waals surface area contributed by atoms with Crippen LogP contribution in [0.25, 0.3) is 0 Å². The summed E-state index contributed by atoms with van der Waals surface area (Å²) in [6.45, 7) is 13.9. The Labute approximate surface area is 157 Å². The molecule has 0 saturated carbocycles. The minimum Gasteiger partial charge on any atom is -0.444 e. The maximum Gasteiger partial charge on any atom is 0.407 e. The Bertz CT molecular complexity index is 478. The van der Waals surface area contributed by atoms with E-state index in [1.165, 1.54) is 0 Å². The Balaban J connectivity index is 4.47. The third-order valence-corrected chi connectivity index (χ3v) is 3.03. The zero-order valence-electron chi connectivity index (χ0n) is 17.6. The molecule has 8 heteroatoms. The van der Waals surface area contributed by atoms with Crippen LogP contribution in [0, 0.1) is 0 Å². The Morgan fingerprint density at radius 1 is 1.08 bits per heavy atom. The number of aliphatic imine (C=N–C) groups is 1. The van der Waals surface area contributed by atoms with Crippen LogP contribution in [0.2, 0.25) is 0 Å². The monoisotopic (exact) mass is 371 g/mol. The molecule has 26 heavy (non-hydrogen) atoms. The van der Waals surface area contributed by atoms with Gasteiger partial charge in [0.2, 0.25) is 5.91 Å². The molecule has 0 fully saturated rings. The number of nitrogens with one attached hydrogen (secondary N) is 4. The molecule has 1 atom stereocenters. The van der Waals surface area contributed by atoms with Crippen molar-refractivity contribution in [3.05, 3.63) is 0 Å². The highest BCUT2D eigenvalue weighted by molar-refractivity contribution is 5.86. The minimum absolute atomic E-state index is 0.100. The Hall–Kier alpha value is -1.99. The number of carbonyl (C=O) groups is 2. The summed E-state index contributed by atoms with van der Waals surface area (Å²) in [7, 11) is 1.63. The SMILES string of the molecule is CCCC(CNC(=NC)NCC(=O)NC(C)(C)C)NC(=O)OC(C)(C)C. The lowest BCUT2D eigenvalue weighted by Crippen LogP contribution is -2.51. The van der Waals surface area contributed by atoms with Gasteiger partial charge in [0.15, 0.2) is 5.96 Å². The second-order valence-corrected chi connectivity index (χ2v) is 8.24. The Morgan fingerprint density at radius 2 is 1.69 bits per heavy atom. The number of hydrogen-bond donors (Lipinski definition) is 4. The molecule has 0 aromatic rings. The molecule has 0 aromatic carbocycles. The number of nitrogens with zero attached hydrogens (tertiary/aromatic N) is 1. The number of amides is 2. The number of rotatable bonds is 7. The summed E-state index contributed by atoms with van der Waals surface area (Å²) in [4.78, 5) is 27.9. The van der Waals surface area contributed by atoms with E-state index in [0.29, 0.717) is 12.5 Å². The molecule has 4 N–H and O–H groups in total. The van der Waals surface area contributed by atoms with Crippen LogP contribution in [0.15, 0.2) is 4.99 Å². The van der Waals surface area contributed by atoms with E-state index in [1.807, 2.05) is 48.5 Å². The molecule has 8 nitrogen and oxygen atoms in total. The first-order valence-electron chi connectivity index (χ1n) is 9.11. The van der Waals surface area contributed by atoms with E-state index in [2.05, 4.69) is 26.3 Å². The summed E-state index contributed by atoms with van der Waals surface area (Å²) < 4.78 is 5.30. The van der Waals surface area contributed by atoms with Crippen molar-refractivity contribution >= 4 is 18.0 Å². The van der Waals surface area contributed by atoms with Crippen molar-refractivity contribution in [3.8, 4) is 0 Å². The molecule has 0 heterocycles. The average molecular weight is 372 g/mol. The fourth-order valence-electron chi connectivity index (χ4n) is 2.11. The Kier molecular flexibility index (Phi) is 10.0. The van der Waals surface area contributed by atoms with Crippen molar-refractivity contribution < 1.29 is 14.3 Å². The third kappa shape index (κ3) is 13.3. The van der Waals surface area contributed by atoms with E-state index in [0.717, 1.165) is 12.8 Å². The van der Waals surface area contributed by atoms with Crippen molar-refractivity contribution in [1.29, 1.82) is 0 Å². The van der Waals surface area contributed by atoms with E-state index >= 15 is 0 Å². The Morgan fingerprint density at radius 3 is 2.15 bits per heavy atom. The largest absolute Gasteiger partial charge is 0.444 e. The first-order chi connectivity index (χ1) is 11.9. The predicted molar refractivity (Wildman–Crippen MR) is 105 cm³/mol. The number of carbonyl (C=O) groups excluding carboxylic acids is 2. The van der Waals surface area contributed by atoms with Gasteiger partial charge in [-0.2, -0.15) is 0 Å². The van der Waals surface area contributed by atoms with Gasteiger partial charge in [0.05, 0.1) is 6.54 Å². The molecule has 0 aliphatic rings. The lowest BCUT2D eigenvalue weighted by Gasteiger charge is -2.24. The van der Waals surface area contributed by atoms with E-state index in [-0.39, 0.29) is 24.0 Å². The van der Waals surface area contributed by atoms with Crippen molar-refractivity contribution in [2.75, 3.05) is 20.1 Å². The van der Waals surface area contributed by atoms with Crippen LogP contribution in [-0.2, 0) is 9.53 Å². The number of hydrogen-bond acceptors (Lipinski definition) is 4. The van der Waals surface area contributed by atoms with Crippen LogP contribution in [0.1, 0.15) is 61.3 Å². The highest BCUT2D eigenvalue weighted by Gasteiger charge is 2.19. The first-order valence-corrected chi connectivity index (χ1v) is 9.11. The average Bonchev–Trinajstić information content (AvgIpc) is 2.43. The standard InChI is InChI=1S/C18H37N5O3/c1-9-10-13(22-16(25)26-18(5,6)7)11-20-15(19-8)21-12-14(24)23-17(2,3)4/h13H,9-12H2,1-8H3,(H,22,25)(H,23,24)(H2,19,20,21). The van der Waals surface area contributed by atoms with Crippen molar-refractivity contribution in [1.82, 2.24) is 21.3 Å². The van der Waals surface area contributed by atoms with Crippen LogP contribution in [0.3, 0.4) is 0 Å². The summed E-state index contributed by atoms with van der Waals surface area (Å²) in [5.41, 5.74) is -0.814. The van der Waals surface area contributed by atoms with Gasteiger partial charge in [-0.15, -0.1) is 0 Å². The van der Waals surface area contributed by atoms with Gasteiger partial charge in [-0.05, 0) is 48.0 Å². The summed E-state index contributed by atoms with van der Waals surface area (Å²) in [5.74, 6) is 0.388. The van der Waals surface area contributed by atoms with Crippen LogP contribution >= 0.6 is 0 Å². The van der Waals surface area contributed by atoms with Crippen LogP contribution in [0.5, 0.6) is 0 Å². The van der Waals surface area contributed by atoms with E-state index < -0.39 is 11.7 Å². The van der Waals surface area contributed by atoms with Gasteiger partial charge in [-0.25, -0.2) is 4.79 Å². The van der Waals surface area contributed by atoms with Gasteiger partial charge in [0.1, 0.15) is 5.60 Å². The van der Waals surface area contributed by atoms with Crippen molar-refractivity contribution in [2.45, 2.75) is 78.5 Å². The molecule has 0 aromatic heterocycles. The molecule has 152 valence electrons. The number of guanidine groups is 1. The summed E-state index contributed by atoms with van der Waals surface area (Å²) >= 11 is 0. The highest BCUT2D eigenvalue weighted by Crippen LogP contribution is 2.07. The fourth-order valence-corrected chi connectivity index (χ4v) is 2.11. The predicted octanol–water partition coefficient (Wildman–Crippen LogP) is 1.76. The first kappa shape index (κ1) is 24.0. The van der Waals surface area contributed by atoms with Gasteiger partial charge in [0.25, 0.3) is 0 Å². The third-order valence-electron chi connectivity index (χ3n) is 3.03. The molecule has 0 aliphatic carbocycles. The fraction of sp³-hybridized carbons (Fsp3) is 0.833. The zero-order chi connectivity index (χ0) is 20.4. The summed E-state index contributed by atoms with van der Waals surface area (Å²) in [6.07, 6.45) is 1.28. The van der Waals surface area contributed by atoms with Crippen LogP contribution in [0.4, 0.5) is 4.79 Å². The normalized spacial score (nSPS) is 13.6. The van der Waals surface area contributed by atoms with Crippen LogP contribution in [-0.4, -0.2) is 55.3 Å². The molecular formula is C18H37N5O3.